The molecule has 0 saturated carbocycles. The van der Waals surface area contributed by atoms with Crippen LogP contribution in [0.1, 0.15) is 71.9 Å². The number of nitrogens with zero attached hydrogens (tertiary/aromatic N) is 1. The number of sulfone groups is 1. The minimum absolute atomic E-state index is 0.0493. The van der Waals surface area contributed by atoms with Gasteiger partial charge in [-0.3, -0.25) is 0 Å². The fourth-order valence-corrected chi connectivity index (χ4v) is 3.70. The first-order valence-electron chi connectivity index (χ1n) is 10.2. The molecule has 0 radical (unpaired) electrons. The van der Waals surface area contributed by atoms with Crippen molar-refractivity contribution >= 4 is 27.7 Å². The molecule has 1 aromatic carbocycles. The molecule has 9 heteroatoms. The van der Waals surface area contributed by atoms with Crippen LogP contribution in [0, 0.1) is 0 Å². The number of rotatable bonds is 6. The number of hydrogen-bond acceptors (Lipinski definition) is 7. The molecule has 1 rings (SSSR count). The monoisotopic (exact) mass is 456 g/mol. The molecule has 0 aromatic heterocycles. The number of hydrogen-bond donors (Lipinski definition) is 1. The summed E-state index contributed by atoms with van der Waals surface area (Å²) < 4.78 is 34.4. The molecular formula is C22H36N2O6S. The Balaban J connectivity index is 3.09. The van der Waals surface area contributed by atoms with E-state index in [4.69, 9.17) is 15.2 Å². The van der Waals surface area contributed by atoms with Gasteiger partial charge in [-0.05, 0) is 77.1 Å². The summed E-state index contributed by atoms with van der Waals surface area (Å²) in [6.45, 7) is 12.2. The molecule has 0 aliphatic carbocycles. The van der Waals surface area contributed by atoms with Gasteiger partial charge in [0.25, 0.3) is 0 Å². The number of benzene rings is 1. The Hall–Kier alpha value is -2.29. The fraction of sp³-hybridized carbons (Fsp3) is 0.636. The van der Waals surface area contributed by atoms with E-state index < -0.39 is 33.2 Å². The Morgan fingerprint density at radius 2 is 1.52 bits per heavy atom. The molecule has 0 bridgehead atoms. The smallest absolute Gasteiger partial charge is 0.419 e. The van der Waals surface area contributed by atoms with E-state index in [1.54, 1.807) is 59.7 Å². The Bertz CT molecular complexity index is 870. The molecule has 0 fully saturated rings. The van der Waals surface area contributed by atoms with Crippen LogP contribution in [0.4, 0.5) is 15.3 Å². The summed E-state index contributed by atoms with van der Waals surface area (Å²) in [5.41, 5.74) is 6.17. The summed E-state index contributed by atoms with van der Waals surface area (Å²) in [6.07, 6.45) is -0.0264. The molecule has 8 nitrogen and oxygen atoms in total. The number of imide groups is 1. The quantitative estimate of drug-likeness (QED) is 0.627. The number of ether oxygens (including phenoxy) is 2. The molecule has 176 valence electrons. The summed E-state index contributed by atoms with van der Waals surface area (Å²) in [7, 11) is -3.26. The highest BCUT2D eigenvalue weighted by Crippen LogP contribution is 2.27. The third kappa shape index (κ3) is 10.0. The maximum absolute atomic E-state index is 12.6. The fourth-order valence-electron chi connectivity index (χ4n) is 2.88. The normalized spacial score (nSPS) is 13.4. The Morgan fingerprint density at radius 1 is 1.03 bits per heavy atom. The Morgan fingerprint density at radius 3 is 1.94 bits per heavy atom. The number of carbonyl (C=O) groups excluding carboxylic acids is 2. The molecular weight excluding hydrogens is 420 g/mol. The standard InChI is InChI=1S/C22H36N2O6S/c1-15(18-10-9-17(23)13-16(18)14-31(8,27)28)11-12-24(19(25)29-21(2,3)4)20(26)30-22(5,6)7/h9-10,13,15H,11-12,14,23H2,1-8H3/t15-/m1/s1. The van der Waals surface area contributed by atoms with Gasteiger partial charge in [0.15, 0.2) is 9.84 Å². The van der Waals surface area contributed by atoms with E-state index in [1.807, 2.05) is 6.92 Å². The average Bonchev–Trinajstić information content (AvgIpc) is 2.49. The van der Waals surface area contributed by atoms with E-state index in [0.29, 0.717) is 17.7 Å². The van der Waals surface area contributed by atoms with E-state index in [0.717, 1.165) is 16.7 Å². The van der Waals surface area contributed by atoms with Gasteiger partial charge in [0, 0.05) is 18.5 Å². The maximum Gasteiger partial charge on any atom is 0.419 e. The van der Waals surface area contributed by atoms with Crippen molar-refractivity contribution in [2.24, 2.45) is 0 Å². The van der Waals surface area contributed by atoms with Crippen LogP contribution in [0.25, 0.3) is 0 Å². The van der Waals surface area contributed by atoms with Crippen LogP contribution in [0.3, 0.4) is 0 Å². The third-order valence-corrected chi connectivity index (χ3v) is 4.96. The highest BCUT2D eigenvalue weighted by molar-refractivity contribution is 7.89. The van der Waals surface area contributed by atoms with Gasteiger partial charge in [-0.15, -0.1) is 0 Å². The summed E-state index contributed by atoms with van der Waals surface area (Å²) >= 11 is 0. The second-order valence-electron chi connectivity index (χ2n) is 9.83. The summed E-state index contributed by atoms with van der Waals surface area (Å²) in [4.78, 5) is 26.2. The van der Waals surface area contributed by atoms with Crippen LogP contribution in [-0.4, -0.2) is 49.5 Å². The lowest BCUT2D eigenvalue weighted by Crippen LogP contribution is -2.44. The zero-order valence-electron chi connectivity index (χ0n) is 19.8. The van der Waals surface area contributed by atoms with Crippen molar-refractivity contribution in [2.45, 2.75) is 77.8 Å². The summed E-state index contributed by atoms with van der Waals surface area (Å²) in [5, 5.41) is 0. The van der Waals surface area contributed by atoms with Crippen molar-refractivity contribution in [1.82, 2.24) is 4.90 Å². The molecule has 0 aliphatic heterocycles. The molecule has 31 heavy (non-hydrogen) atoms. The molecule has 1 aromatic rings. The van der Waals surface area contributed by atoms with Crippen molar-refractivity contribution in [2.75, 3.05) is 18.5 Å². The zero-order valence-corrected chi connectivity index (χ0v) is 20.6. The lowest BCUT2D eigenvalue weighted by molar-refractivity contribution is 0.00106. The predicted octanol–water partition coefficient (Wildman–Crippen LogP) is 4.48. The molecule has 0 aliphatic rings. The van der Waals surface area contributed by atoms with Gasteiger partial charge in [-0.1, -0.05) is 13.0 Å². The van der Waals surface area contributed by atoms with E-state index in [2.05, 4.69) is 0 Å². The van der Waals surface area contributed by atoms with Crippen molar-refractivity contribution in [3.8, 4) is 0 Å². The van der Waals surface area contributed by atoms with Crippen molar-refractivity contribution in [3.63, 3.8) is 0 Å². The van der Waals surface area contributed by atoms with Gasteiger partial charge in [-0.25, -0.2) is 22.9 Å². The summed E-state index contributed by atoms with van der Waals surface area (Å²) in [5.74, 6) is -0.288. The highest BCUT2D eigenvalue weighted by atomic mass is 32.2. The molecule has 0 saturated heterocycles. The lowest BCUT2D eigenvalue weighted by Gasteiger charge is -2.29. The third-order valence-electron chi connectivity index (χ3n) is 4.13. The highest BCUT2D eigenvalue weighted by Gasteiger charge is 2.31. The van der Waals surface area contributed by atoms with Crippen LogP contribution >= 0.6 is 0 Å². The Labute approximate surface area is 186 Å². The number of amides is 2. The summed E-state index contributed by atoms with van der Waals surface area (Å²) in [6, 6.07) is 5.13. The molecule has 2 amide bonds. The van der Waals surface area contributed by atoms with Gasteiger partial charge in [0.2, 0.25) is 0 Å². The maximum atomic E-state index is 12.6. The lowest BCUT2D eigenvalue weighted by atomic mass is 9.93. The second-order valence-corrected chi connectivity index (χ2v) is 12.0. The minimum atomic E-state index is -3.26. The molecule has 0 spiro atoms. The topological polar surface area (TPSA) is 116 Å². The van der Waals surface area contributed by atoms with Crippen molar-refractivity contribution in [3.05, 3.63) is 29.3 Å². The minimum Gasteiger partial charge on any atom is -0.443 e. The van der Waals surface area contributed by atoms with E-state index in [1.165, 1.54) is 0 Å². The molecule has 0 unspecified atom stereocenters. The number of anilines is 1. The van der Waals surface area contributed by atoms with Crippen LogP contribution in [0.15, 0.2) is 18.2 Å². The van der Waals surface area contributed by atoms with Gasteiger partial charge in [-0.2, -0.15) is 0 Å². The molecule has 1 atom stereocenters. The van der Waals surface area contributed by atoms with E-state index in [-0.39, 0.29) is 18.2 Å². The number of nitrogens with two attached hydrogens (primary N) is 1. The Kier molecular flexibility index (Phi) is 8.53. The number of carbonyl (C=O) groups is 2. The van der Waals surface area contributed by atoms with Crippen molar-refractivity contribution in [1.29, 1.82) is 0 Å². The second kappa shape index (κ2) is 9.89. The first-order chi connectivity index (χ1) is 13.9. The van der Waals surface area contributed by atoms with E-state index in [9.17, 15) is 18.0 Å². The molecule has 0 heterocycles. The van der Waals surface area contributed by atoms with Gasteiger partial charge < -0.3 is 15.2 Å². The van der Waals surface area contributed by atoms with Gasteiger partial charge in [0.1, 0.15) is 11.2 Å². The van der Waals surface area contributed by atoms with E-state index >= 15 is 0 Å². The van der Waals surface area contributed by atoms with Crippen LogP contribution in [-0.2, 0) is 25.1 Å². The average molecular weight is 457 g/mol. The SMILES string of the molecule is C[C@H](CCN(C(=O)OC(C)(C)C)C(=O)OC(C)(C)C)c1ccc(N)cc1CS(C)(=O)=O. The number of nitrogen functional groups attached to an aromatic ring is 1. The van der Waals surface area contributed by atoms with Crippen LogP contribution in [0.2, 0.25) is 0 Å². The van der Waals surface area contributed by atoms with Crippen LogP contribution in [0.5, 0.6) is 0 Å². The largest absolute Gasteiger partial charge is 0.443 e. The zero-order chi connectivity index (χ0) is 24.2. The predicted molar refractivity (Wildman–Crippen MR) is 122 cm³/mol. The van der Waals surface area contributed by atoms with Crippen LogP contribution < -0.4 is 5.73 Å². The first-order valence-corrected chi connectivity index (χ1v) is 12.2. The van der Waals surface area contributed by atoms with Gasteiger partial charge >= 0.3 is 12.2 Å². The van der Waals surface area contributed by atoms with Gasteiger partial charge in [0.05, 0.1) is 5.75 Å². The molecule has 2 N–H and O–H groups in total. The first kappa shape index (κ1) is 26.7. The van der Waals surface area contributed by atoms with Crippen molar-refractivity contribution < 1.29 is 27.5 Å².